The fraction of sp³-hybridized carbons (Fsp3) is 0.231. The van der Waals surface area contributed by atoms with Crippen molar-refractivity contribution >= 4 is 17.5 Å². The van der Waals surface area contributed by atoms with Crippen LogP contribution >= 0.6 is 11.6 Å². The minimum Gasteiger partial charge on any atom is -0.352 e. The number of hydrogen-bond acceptors (Lipinski definition) is 2. The summed E-state index contributed by atoms with van der Waals surface area (Å²) in [4.78, 5) is 11.8. The molecule has 0 saturated carbocycles. The van der Waals surface area contributed by atoms with E-state index < -0.39 is 0 Å². The monoisotopic (exact) mass is 263 g/mol. The largest absolute Gasteiger partial charge is 0.352 e. The summed E-state index contributed by atoms with van der Waals surface area (Å²) in [7, 11) is 0. The molecule has 18 heavy (non-hydrogen) atoms. The van der Waals surface area contributed by atoms with Gasteiger partial charge in [0, 0.05) is 18.6 Å². The number of amides is 1. The van der Waals surface area contributed by atoms with Crippen LogP contribution < -0.4 is 5.32 Å². The quantitative estimate of drug-likeness (QED) is 0.664. The summed E-state index contributed by atoms with van der Waals surface area (Å²) < 4.78 is 1.68. The first-order chi connectivity index (χ1) is 8.81. The van der Waals surface area contributed by atoms with Crippen molar-refractivity contribution in [2.45, 2.75) is 6.42 Å². The highest BCUT2D eigenvalue weighted by Gasteiger charge is 2.08. The summed E-state index contributed by atoms with van der Waals surface area (Å²) in [5.41, 5.74) is 1.48. The summed E-state index contributed by atoms with van der Waals surface area (Å²) in [6.07, 6.45) is 4.04. The minimum atomic E-state index is -0.123. The molecule has 1 amide bonds. The van der Waals surface area contributed by atoms with Gasteiger partial charge in [0.15, 0.2) is 0 Å². The Morgan fingerprint density at radius 3 is 2.83 bits per heavy atom. The SMILES string of the molecule is O=C(NCCCCl)c1cnn(-c2ccccc2)c1. The Hall–Kier alpha value is -1.81. The average Bonchev–Trinajstić information content (AvgIpc) is 2.89. The molecule has 5 heteroatoms. The number of carbonyl (C=O) groups excluding carboxylic acids is 1. The van der Waals surface area contributed by atoms with Crippen LogP contribution in [0.25, 0.3) is 5.69 Å². The van der Waals surface area contributed by atoms with Crippen LogP contribution in [-0.2, 0) is 0 Å². The zero-order chi connectivity index (χ0) is 12.8. The number of rotatable bonds is 5. The number of para-hydroxylation sites is 1. The van der Waals surface area contributed by atoms with Gasteiger partial charge in [-0.25, -0.2) is 4.68 Å². The Morgan fingerprint density at radius 2 is 2.11 bits per heavy atom. The highest BCUT2D eigenvalue weighted by Crippen LogP contribution is 2.07. The molecule has 94 valence electrons. The van der Waals surface area contributed by atoms with Crippen LogP contribution in [0.5, 0.6) is 0 Å². The number of benzene rings is 1. The Labute approximate surface area is 111 Å². The molecule has 0 radical (unpaired) electrons. The molecule has 0 bridgehead atoms. The third kappa shape index (κ3) is 3.11. The second kappa shape index (κ2) is 6.21. The van der Waals surface area contributed by atoms with Crippen LogP contribution in [0, 0.1) is 0 Å². The number of nitrogens with one attached hydrogen (secondary N) is 1. The van der Waals surface area contributed by atoms with Crippen LogP contribution in [-0.4, -0.2) is 28.1 Å². The summed E-state index contributed by atoms with van der Waals surface area (Å²) in [6, 6.07) is 9.66. The minimum absolute atomic E-state index is 0.123. The van der Waals surface area contributed by atoms with Crippen molar-refractivity contribution in [1.29, 1.82) is 0 Å². The zero-order valence-electron chi connectivity index (χ0n) is 9.84. The third-order valence-corrected chi connectivity index (χ3v) is 2.73. The van der Waals surface area contributed by atoms with Gasteiger partial charge in [-0.05, 0) is 18.6 Å². The lowest BCUT2D eigenvalue weighted by Gasteiger charge is -2.01. The van der Waals surface area contributed by atoms with E-state index >= 15 is 0 Å². The third-order valence-electron chi connectivity index (χ3n) is 2.46. The smallest absolute Gasteiger partial charge is 0.254 e. The van der Waals surface area contributed by atoms with Crippen LogP contribution in [0.2, 0.25) is 0 Å². The molecule has 0 aliphatic rings. The molecule has 0 aliphatic heterocycles. The number of alkyl halides is 1. The highest BCUT2D eigenvalue weighted by atomic mass is 35.5. The summed E-state index contributed by atoms with van der Waals surface area (Å²) in [5.74, 6) is 0.422. The first-order valence-electron chi connectivity index (χ1n) is 5.75. The van der Waals surface area contributed by atoms with Crippen molar-refractivity contribution in [3.63, 3.8) is 0 Å². The summed E-state index contributed by atoms with van der Waals surface area (Å²) in [5, 5.41) is 6.95. The van der Waals surface area contributed by atoms with Crippen molar-refractivity contribution in [3.05, 3.63) is 48.3 Å². The molecule has 0 fully saturated rings. The van der Waals surface area contributed by atoms with Gasteiger partial charge in [0.1, 0.15) is 0 Å². The number of halogens is 1. The topological polar surface area (TPSA) is 46.9 Å². The van der Waals surface area contributed by atoms with Gasteiger partial charge in [-0.3, -0.25) is 4.79 Å². The molecule has 2 rings (SSSR count). The van der Waals surface area contributed by atoms with Gasteiger partial charge >= 0.3 is 0 Å². The zero-order valence-corrected chi connectivity index (χ0v) is 10.6. The lowest BCUT2D eigenvalue weighted by Crippen LogP contribution is -2.24. The molecule has 1 heterocycles. The fourth-order valence-electron chi connectivity index (χ4n) is 1.53. The van der Waals surface area contributed by atoms with Gasteiger partial charge in [-0.2, -0.15) is 5.10 Å². The summed E-state index contributed by atoms with van der Waals surface area (Å²) >= 11 is 5.55. The predicted molar refractivity (Wildman–Crippen MR) is 71.2 cm³/mol. The Morgan fingerprint density at radius 1 is 1.33 bits per heavy atom. The molecule has 0 saturated heterocycles. The molecular weight excluding hydrogens is 250 g/mol. The van der Waals surface area contributed by atoms with E-state index in [1.807, 2.05) is 30.3 Å². The van der Waals surface area contributed by atoms with Crippen molar-refractivity contribution in [2.75, 3.05) is 12.4 Å². The van der Waals surface area contributed by atoms with Crippen LogP contribution in [0.4, 0.5) is 0 Å². The maximum atomic E-state index is 11.8. The van der Waals surface area contributed by atoms with E-state index in [9.17, 15) is 4.79 Å². The maximum Gasteiger partial charge on any atom is 0.254 e. The van der Waals surface area contributed by atoms with E-state index in [-0.39, 0.29) is 5.91 Å². The molecule has 0 aliphatic carbocycles. The van der Waals surface area contributed by atoms with E-state index in [0.29, 0.717) is 18.0 Å². The van der Waals surface area contributed by atoms with E-state index in [4.69, 9.17) is 11.6 Å². The van der Waals surface area contributed by atoms with Gasteiger partial charge in [0.25, 0.3) is 5.91 Å². The highest BCUT2D eigenvalue weighted by molar-refractivity contribution is 6.17. The molecule has 2 aromatic rings. The number of hydrogen-bond donors (Lipinski definition) is 1. The second-order valence-electron chi connectivity index (χ2n) is 3.81. The Kier molecular flexibility index (Phi) is 4.36. The molecule has 0 spiro atoms. The van der Waals surface area contributed by atoms with Crippen molar-refractivity contribution in [3.8, 4) is 5.69 Å². The normalized spacial score (nSPS) is 10.3. The van der Waals surface area contributed by atoms with Gasteiger partial charge in [-0.1, -0.05) is 18.2 Å². The number of aromatic nitrogens is 2. The van der Waals surface area contributed by atoms with Crippen LogP contribution in [0.3, 0.4) is 0 Å². The van der Waals surface area contributed by atoms with E-state index in [2.05, 4.69) is 10.4 Å². The standard InChI is InChI=1S/C13H14ClN3O/c14-7-4-8-15-13(18)11-9-16-17(10-11)12-5-2-1-3-6-12/h1-3,5-6,9-10H,4,7-8H2,(H,15,18). The van der Waals surface area contributed by atoms with E-state index in [0.717, 1.165) is 12.1 Å². The van der Waals surface area contributed by atoms with Crippen molar-refractivity contribution in [1.82, 2.24) is 15.1 Å². The second-order valence-corrected chi connectivity index (χ2v) is 4.19. The van der Waals surface area contributed by atoms with Crippen LogP contribution in [0.1, 0.15) is 16.8 Å². The average molecular weight is 264 g/mol. The molecular formula is C13H14ClN3O. The molecule has 1 aromatic carbocycles. The van der Waals surface area contributed by atoms with Gasteiger partial charge in [-0.15, -0.1) is 11.6 Å². The number of nitrogens with zero attached hydrogens (tertiary/aromatic N) is 2. The van der Waals surface area contributed by atoms with E-state index in [1.54, 1.807) is 17.1 Å². The predicted octanol–water partition coefficient (Wildman–Crippen LogP) is 2.23. The molecule has 4 nitrogen and oxygen atoms in total. The summed E-state index contributed by atoms with van der Waals surface area (Å²) in [6.45, 7) is 0.582. The molecule has 1 aromatic heterocycles. The first-order valence-corrected chi connectivity index (χ1v) is 6.29. The lowest BCUT2D eigenvalue weighted by atomic mass is 10.3. The lowest BCUT2D eigenvalue weighted by molar-refractivity contribution is 0.0954. The van der Waals surface area contributed by atoms with Gasteiger partial charge in [0.05, 0.1) is 17.4 Å². The maximum absolute atomic E-state index is 11.8. The molecule has 0 atom stereocenters. The van der Waals surface area contributed by atoms with Crippen molar-refractivity contribution < 1.29 is 4.79 Å². The molecule has 0 unspecified atom stereocenters. The number of carbonyl (C=O) groups is 1. The van der Waals surface area contributed by atoms with Crippen molar-refractivity contribution in [2.24, 2.45) is 0 Å². The molecule has 1 N–H and O–H groups in total. The van der Waals surface area contributed by atoms with Gasteiger partial charge < -0.3 is 5.32 Å². The van der Waals surface area contributed by atoms with E-state index in [1.165, 1.54) is 0 Å². The fourth-order valence-corrected chi connectivity index (χ4v) is 1.67. The Bertz CT molecular complexity index is 510. The first kappa shape index (κ1) is 12.6. The van der Waals surface area contributed by atoms with Gasteiger partial charge in [0.2, 0.25) is 0 Å². The Balaban J connectivity index is 2.04. The van der Waals surface area contributed by atoms with Crippen LogP contribution in [0.15, 0.2) is 42.7 Å².